The molecule has 2 N–H and O–H groups in total. The van der Waals surface area contributed by atoms with Crippen molar-refractivity contribution in [3.63, 3.8) is 0 Å². The number of carbonyl (C=O) groups excluding carboxylic acids is 1. The monoisotopic (exact) mass is 451 g/mol. The van der Waals surface area contributed by atoms with Crippen LogP contribution < -0.4 is 10.6 Å². The fraction of sp³-hybridized carbons (Fsp3) is 0.667. The molecule has 1 atom stereocenters. The highest BCUT2D eigenvalue weighted by Gasteiger charge is 2.25. The van der Waals surface area contributed by atoms with E-state index in [-0.39, 0.29) is 35.9 Å². The van der Waals surface area contributed by atoms with E-state index in [0.717, 1.165) is 41.9 Å². The molecule has 1 aromatic heterocycles. The van der Waals surface area contributed by atoms with Crippen LogP contribution >= 0.6 is 35.3 Å². The van der Waals surface area contributed by atoms with E-state index in [1.165, 1.54) is 0 Å². The molecular weight excluding hydrogens is 425 g/mol. The molecule has 6 nitrogen and oxygen atoms in total. The Bertz CT molecular complexity index is 534. The van der Waals surface area contributed by atoms with Crippen molar-refractivity contribution in [2.24, 2.45) is 4.99 Å². The van der Waals surface area contributed by atoms with Gasteiger partial charge in [-0.3, -0.25) is 4.79 Å². The van der Waals surface area contributed by atoms with Gasteiger partial charge in [-0.2, -0.15) is 0 Å². The van der Waals surface area contributed by atoms with Gasteiger partial charge in [0, 0.05) is 43.2 Å². The molecule has 0 aromatic carbocycles. The third kappa shape index (κ3) is 6.25. The predicted octanol–water partition coefficient (Wildman–Crippen LogP) is 2.14. The standard InChI is InChI=1S/C15H25N5OS.HI/c1-4-14(21)20-7-6-12(10-20)19-15(16-5-2)18-9-13-8-17-11(3)22-13;/h8,12H,4-7,9-10H2,1-3H3,(H2,16,18,19);1H. The lowest BCUT2D eigenvalue weighted by atomic mass is 10.3. The van der Waals surface area contributed by atoms with Crippen molar-refractivity contribution in [2.75, 3.05) is 19.6 Å². The maximum Gasteiger partial charge on any atom is 0.222 e. The highest BCUT2D eigenvalue weighted by Crippen LogP contribution is 2.13. The maximum atomic E-state index is 11.7. The summed E-state index contributed by atoms with van der Waals surface area (Å²) < 4.78 is 0. The highest BCUT2D eigenvalue weighted by atomic mass is 127. The van der Waals surface area contributed by atoms with Gasteiger partial charge in [0.05, 0.1) is 11.6 Å². The number of amides is 1. The minimum absolute atomic E-state index is 0. The summed E-state index contributed by atoms with van der Waals surface area (Å²) in [5, 5.41) is 7.76. The van der Waals surface area contributed by atoms with Gasteiger partial charge < -0.3 is 15.5 Å². The molecule has 1 aliphatic rings. The fourth-order valence-electron chi connectivity index (χ4n) is 2.48. The Labute approximate surface area is 159 Å². The summed E-state index contributed by atoms with van der Waals surface area (Å²) in [7, 11) is 0. The number of carbonyl (C=O) groups is 1. The third-order valence-electron chi connectivity index (χ3n) is 3.59. The molecule has 1 unspecified atom stereocenters. The largest absolute Gasteiger partial charge is 0.357 e. The quantitative estimate of drug-likeness (QED) is 0.409. The SMILES string of the molecule is CCNC(=NCc1cnc(C)s1)NC1CCN(C(=O)CC)C1.I. The first-order chi connectivity index (χ1) is 10.6. The van der Waals surface area contributed by atoms with Crippen molar-refractivity contribution >= 4 is 47.2 Å². The molecule has 1 aromatic rings. The average molecular weight is 451 g/mol. The van der Waals surface area contributed by atoms with Crippen LogP contribution in [-0.4, -0.2) is 47.4 Å². The van der Waals surface area contributed by atoms with E-state index in [1.807, 2.05) is 24.9 Å². The normalized spacial score (nSPS) is 17.8. The second kappa shape index (κ2) is 10.1. The first kappa shape index (κ1) is 20.1. The number of likely N-dealkylation sites (tertiary alicyclic amines) is 1. The van der Waals surface area contributed by atoms with Crippen LogP contribution in [-0.2, 0) is 11.3 Å². The van der Waals surface area contributed by atoms with Crippen LogP contribution in [0.15, 0.2) is 11.2 Å². The van der Waals surface area contributed by atoms with Crippen molar-refractivity contribution in [3.8, 4) is 0 Å². The van der Waals surface area contributed by atoms with Crippen LogP contribution in [0.1, 0.15) is 36.6 Å². The molecule has 130 valence electrons. The van der Waals surface area contributed by atoms with E-state index in [1.54, 1.807) is 11.3 Å². The van der Waals surface area contributed by atoms with Gasteiger partial charge in [0.2, 0.25) is 5.91 Å². The Morgan fingerprint density at radius 1 is 1.52 bits per heavy atom. The molecule has 0 aliphatic carbocycles. The van der Waals surface area contributed by atoms with Crippen molar-refractivity contribution in [3.05, 3.63) is 16.1 Å². The molecular formula is C15H26IN5OS. The molecule has 2 rings (SSSR count). The van der Waals surface area contributed by atoms with Crippen molar-refractivity contribution in [2.45, 2.75) is 46.2 Å². The van der Waals surface area contributed by atoms with E-state index < -0.39 is 0 Å². The second-order valence-electron chi connectivity index (χ2n) is 5.36. The number of hydrogen-bond donors (Lipinski definition) is 2. The summed E-state index contributed by atoms with van der Waals surface area (Å²) >= 11 is 1.67. The molecule has 1 saturated heterocycles. The zero-order chi connectivity index (χ0) is 15.9. The van der Waals surface area contributed by atoms with Crippen LogP contribution in [0.25, 0.3) is 0 Å². The minimum atomic E-state index is 0. The average Bonchev–Trinajstić information content (AvgIpc) is 3.13. The first-order valence-corrected chi connectivity index (χ1v) is 8.68. The number of hydrogen-bond acceptors (Lipinski definition) is 4. The molecule has 1 amide bonds. The number of nitrogens with one attached hydrogen (secondary N) is 2. The summed E-state index contributed by atoms with van der Waals surface area (Å²) in [6, 6.07) is 0.275. The smallest absolute Gasteiger partial charge is 0.222 e. The van der Waals surface area contributed by atoms with Crippen LogP contribution in [0.5, 0.6) is 0 Å². The van der Waals surface area contributed by atoms with E-state index in [4.69, 9.17) is 0 Å². The lowest BCUT2D eigenvalue weighted by molar-refractivity contribution is -0.129. The Hall–Kier alpha value is -0.900. The molecule has 8 heteroatoms. The Kier molecular flexibility index (Phi) is 8.82. The van der Waals surface area contributed by atoms with Crippen LogP contribution in [0.2, 0.25) is 0 Å². The number of guanidine groups is 1. The Morgan fingerprint density at radius 2 is 2.30 bits per heavy atom. The maximum absolute atomic E-state index is 11.7. The molecule has 2 heterocycles. The van der Waals surface area contributed by atoms with Crippen molar-refractivity contribution in [1.29, 1.82) is 0 Å². The number of rotatable bonds is 5. The van der Waals surface area contributed by atoms with E-state index in [0.29, 0.717) is 13.0 Å². The summed E-state index contributed by atoms with van der Waals surface area (Å²) in [5.74, 6) is 1.04. The predicted molar refractivity (Wildman–Crippen MR) is 105 cm³/mol. The fourth-order valence-corrected chi connectivity index (χ4v) is 3.20. The number of aryl methyl sites for hydroxylation is 1. The van der Waals surface area contributed by atoms with Gasteiger partial charge in [-0.15, -0.1) is 35.3 Å². The summed E-state index contributed by atoms with van der Waals surface area (Å²) in [6.45, 7) is 9.00. The summed E-state index contributed by atoms with van der Waals surface area (Å²) in [4.78, 5) is 23.7. The van der Waals surface area contributed by atoms with E-state index in [2.05, 4.69) is 27.5 Å². The highest BCUT2D eigenvalue weighted by molar-refractivity contribution is 14.0. The van der Waals surface area contributed by atoms with Crippen molar-refractivity contribution < 1.29 is 4.79 Å². The third-order valence-corrected chi connectivity index (χ3v) is 4.49. The molecule has 0 radical (unpaired) electrons. The van der Waals surface area contributed by atoms with Gasteiger partial charge >= 0.3 is 0 Å². The minimum Gasteiger partial charge on any atom is -0.357 e. The number of thiazole rings is 1. The number of aromatic nitrogens is 1. The number of aliphatic imine (C=N–C) groups is 1. The summed E-state index contributed by atoms with van der Waals surface area (Å²) in [6.07, 6.45) is 3.42. The first-order valence-electron chi connectivity index (χ1n) is 7.86. The molecule has 1 fully saturated rings. The van der Waals surface area contributed by atoms with Crippen LogP contribution in [0.3, 0.4) is 0 Å². The summed E-state index contributed by atoms with van der Waals surface area (Å²) in [5.41, 5.74) is 0. The van der Waals surface area contributed by atoms with Gasteiger partial charge in [0.15, 0.2) is 5.96 Å². The molecule has 0 spiro atoms. The van der Waals surface area contributed by atoms with Crippen LogP contribution in [0, 0.1) is 6.92 Å². The van der Waals surface area contributed by atoms with E-state index >= 15 is 0 Å². The van der Waals surface area contributed by atoms with Gasteiger partial charge in [-0.25, -0.2) is 9.98 Å². The topological polar surface area (TPSA) is 69.6 Å². The van der Waals surface area contributed by atoms with Gasteiger partial charge in [-0.1, -0.05) is 6.92 Å². The number of nitrogens with zero attached hydrogens (tertiary/aromatic N) is 3. The Balaban J connectivity index is 0.00000264. The molecule has 23 heavy (non-hydrogen) atoms. The van der Waals surface area contributed by atoms with Crippen LogP contribution in [0.4, 0.5) is 0 Å². The zero-order valence-electron chi connectivity index (χ0n) is 14.0. The molecule has 1 aliphatic heterocycles. The van der Waals surface area contributed by atoms with Crippen molar-refractivity contribution in [1.82, 2.24) is 20.5 Å². The zero-order valence-corrected chi connectivity index (χ0v) is 17.1. The lowest BCUT2D eigenvalue weighted by Crippen LogP contribution is -2.45. The van der Waals surface area contributed by atoms with Gasteiger partial charge in [0.1, 0.15) is 0 Å². The second-order valence-corrected chi connectivity index (χ2v) is 6.68. The molecule has 0 bridgehead atoms. The molecule has 0 saturated carbocycles. The van der Waals surface area contributed by atoms with E-state index in [9.17, 15) is 4.79 Å². The Morgan fingerprint density at radius 3 is 2.91 bits per heavy atom. The number of halogens is 1. The van der Waals surface area contributed by atoms with Gasteiger partial charge in [-0.05, 0) is 20.3 Å². The van der Waals surface area contributed by atoms with Gasteiger partial charge in [0.25, 0.3) is 0 Å². The lowest BCUT2D eigenvalue weighted by Gasteiger charge is -2.18.